The van der Waals surface area contributed by atoms with Crippen LogP contribution in [0.3, 0.4) is 0 Å². The van der Waals surface area contributed by atoms with Crippen LogP contribution >= 0.6 is 0 Å². The summed E-state index contributed by atoms with van der Waals surface area (Å²) in [5.74, 6) is 0.282. The van der Waals surface area contributed by atoms with E-state index in [1.54, 1.807) is 18.2 Å². The lowest BCUT2D eigenvalue weighted by Gasteiger charge is -2.34. The average Bonchev–Trinajstić information content (AvgIpc) is 3.01. The van der Waals surface area contributed by atoms with E-state index >= 15 is 0 Å². The number of hydrogen-bond acceptors (Lipinski definition) is 4. The van der Waals surface area contributed by atoms with Gasteiger partial charge in [-0.2, -0.15) is 0 Å². The summed E-state index contributed by atoms with van der Waals surface area (Å²) < 4.78 is 11.2. The van der Waals surface area contributed by atoms with E-state index in [9.17, 15) is 9.90 Å². The van der Waals surface area contributed by atoms with E-state index in [-0.39, 0.29) is 23.9 Å². The van der Waals surface area contributed by atoms with Crippen molar-refractivity contribution in [2.45, 2.75) is 25.0 Å². The van der Waals surface area contributed by atoms with Crippen molar-refractivity contribution in [2.75, 3.05) is 26.3 Å². The first-order chi connectivity index (χ1) is 9.74. The van der Waals surface area contributed by atoms with Gasteiger partial charge in [0.25, 0.3) is 5.91 Å². The Bertz CT molecular complexity index is 485. The molecule has 1 amide bonds. The third kappa shape index (κ3) is 2.78. The number of hydrogen-bond donors (Lipinski definition) is 1. The third-order valence-corrected chi connectivity index (χ3v) is 3.83. The number of nitrogens with zero attached hydrogens (tertiary/aromatic N) is 1. The van der Waals surface area contributed by atoms with E-state index < -0.39 is 0 Å². The van der Waals surface area contributed by atoms with Crippen molar-refractivity contribution in [1.29, 1.82) is 0 Å². The molecule has 0 bridgehead atoms. The van der Waals surface area contributed by atoms with Gasteiger partial charge in [0.15, 0.2) is 0 Å². The molecule has 2 atom stereocenters. The van der Waals surface area contributed by atoms with E-state index in [1.807, 2.05) is 11.0 Å². The van der Waals surface area contributed by atoms with Crippen molar-refractivity contribution < 1.29 is 19.4 Å². The molecule has 0 radical (unpaired) electrons. The van der Waals surface area contributed by atoms with Crippen LogP contribution in [0.1, 0.15) is 24.5 Å². The number of ether oxygens (including phenoxy) is 2. The highest BCUT2D eigenvalue weighted by Gasteiger charge is 2.32. The summed E-state index contributed by atoms with van der Waals surface area (Å²) >= 11 is 0. The second-order valence-corrected chi connectivity index (χ2v) is 5.24. The van der Waals surface area contributed by atoms with Gasteiger partial charge in [0.2, 0.25) is 0 Å². The lowest BCUT2D eigenvalue weighted by molar-refractivity contribution is -0.148. The normalized spacial score (nSPS) is 26.7. The van der Waals surface area contributed by atoms with E-state index in [2.05, 4.69) is 0 Å². The van der Waals surface area contributed by atoms with Crippen LogP contribution in [0.5, 0.6) is 5.75 Å². The smallest absolute Gasteiger partial charge is 0.251 e. The molecule has 5 nitrogen and oxygen atoms in total. The Morgan fingerprint density at radius 3 is 2.95 bits per heavy atom. The maximum atomic E-state index is 12.3. The largest absolute Gasteiger partial charge is 0.508 e. The van der Waals surface area contributed by atoms with E-state index in [0.29, 0.717) is 26.3 Å². The Morgan fingerprint density at radius 1 is 1.30 bits per heavy atom. The van der Waals surface area contributed by atoms with Gasteiger partial charge in [-0.25, -0.2) is 0 Å². The Hall–Kier alpha value is -1.59. The van der Waals surface area contributed by atoms with Crippen molar-refractivity contribution in [3.05, 3.63) is 29.8 Å². The van der Waals surface area contributed by atoms with Crippen molar-refractivity contribution >= 4 is 5.91 Å². The molecule has 2 aliphatic heterocycles. The molecule has 2 aliphatic rings. The number of carbonyl (C=O) groups is 1. The Kier molecular flexibility index (Phi) is 3.89. The van der Waals surface area contributed by atoms with Gasteiger partial charge in [-0.1, -0.05) is 12.1 Å². The van der Waals surface area contributed by atoms with Crippen molar-refractivity contribution in [2.24, 2.45) is 0 Å². The molecule has 1 N–H and O–H groups in total. The lowest BCUT2D eigenvalue weighted by atomic mass is 10.1. The van der Waals surface area contributed by atoms with Crippen LogP contribution in [0.15, 0.2) is 24.3 Å². The molecule has 108 valence electrons. The van der Waals surface area contributed by atoms with Gasteiger partial charge in [0, 0.05) is 13.2 Å². The van der Waals surface area contributed by atoms with Crippen LogP contribution in [-0.4, -0.2) is 48.3 Å². The fourth-order valence-corrected chi connectivity index (χ4v) is 2.75. The van der Waals surface area contributed by atoms with Crippen LogP contribution in [-0.2, 0) is 14.3 Å². The molecule has 2 heterocycles. The van der Waals surface area contributed by atoms with Crippen LogP contribution in [0.2, 0.25) is 0 Å². The quantitative estimate of drug-likeness (QED) is 0.889. The number of morpholine rings is 1. The number of amides is 1. The SMILES string of the molecule is O=C([C@H]1CCCO1)N1CCOC(c2cccc(O)c2)C1. The number of carbonyl (C=O) groups excluding carboxylic acids is 1. The van der Waals surface area contributed by atoms with Crippen LogP contribution in [0, 0.1) is 0 Å². The number of benzene rings is 1. The highest BCUT2D eigenvalue weighted by molar-refractivity contribution is 5.81. The molecule has 3 rings (SSSR count). The molecule has 1 aromatic carbocycles. The molecular formula is C15H19NO4. The first kappa shape index (κ1) is 13.4. The predicted molar refractivity (Wildman–Crippen MR) is 72.4 cm³/mol. The first-order valence-corrected chi connectivity index (χ1v) is 7.05. The molecular weight excluding hydrogens is 258 g/mol. The van der Waals surface area contributed by atoms with E-state index in [1.165, 1.54) is 0 Å². The van der Waals surface area contributed by atoms with Gasteiger partial charge in [0.05, 0.1) is 13.2 Å². The maximum absolute atomic E-state index is 12.3. The van der Waals surface area contributed by atoms with Gasteiger partial charge in [-0.3, -0.25) is 4.79 Å². The minimum absolute atomic E-state index is 0.0657. The molecule has 1 unspecified atom stereocenters. The summed E-state index contributed by atoms with van der Waals surface area (Å²) in [6.45, 7) is 2.31. The summed E-state index contributed by atoms with van der Waals surface area (Å²) in [4.78, 5) is 14.2. The number of phenols is 1. The van der Waals surface area contributed by atoms with E-state index in [0.717, 1.165) is 18.4 Å². The Labute approximate surface area is 118 Å². The summed E-state index contributed by atoms with van der Waals surface area (Å²) in [5, 5.41) is 9.54. The maximum Gasteiger partial charge on any atom is 0.251 e. The summed E-state index contributed by atoms with van der Waals surface area (Å²) in [5.41, 5.74) is 0.898. The number of aromatic hydroxyl groups is 1. The molecule has 1 aromatic rings. The molecule has 0 aromatic heterocycles. The third-order valence-electron chi connectivity index (χ3n) is 3.83. The van der Waals surface area contributed by atoms with Gasteiger partial charge >= 0.3 is 0 Å². The molecule has 5 heteroatoms. The van der Waals surface area contributed by atoms with Gasteiger partial charge < -0.3 is 19.5 Å². The molecule has 0 spiro atoms. The number of rotatable bonds is 2. The standard InChI is InChI=1S/C15H19NO4/c17-12-4-1-3-11(9-12)14-10-16(6-8-20-14)15(18)13-5-2-7-19-13/h1,3-4,9,13-14,17H,2,5-8,10H2/t13-,14?/m1/s1. The topological polar surface area (TPSA) is 59.0 Å². The highest BCUT2D eigenvalue weighted by Crippen LogP contribution is 2.26. The number of phenolic OH excluding ortho intramolecular Hbond substituents is 1. The monoisotopic (exact) mass is 277 g/mol. The zero-order valence-corrected chi connectivity index (χ0v) is 11.3. The summed E-state index contributed by atoms with van der Waals surface area (Å²) in [6.07, 6.45) is 1.31. The Morgan fingerprint density at radius 2 is 2.20 bits per heavy atom. The van der Waals surface area contributed by atoms with Crippen LogP contribution in [0.25, 0.3) is 0 Å². The van der Waals surface area contributed by atoms with Crippen molar-refractivity contribution in [1.82, 2.24) is 4.90 Å². The summed E-state index contributed by atoms with van der Waals surface area (Å²) in [6, 6.07) is 7.01. The highest BCUT2D eigenvalue weighted by atomic mass is 16.5. The fraction of sp³-hybridized carbons (Fsp3) is 0.533. The minimum Gasteiger partial charge on any atom is -0.508 e. The second-order valence-electron chi connectivity index (χ2n) is 5.24. The molecule has 0 aliphatic carbocycles. The van der Waals surface area contributed by atoms with Crippen molar-refractivity contribution in [3.63, 3.8) is 0 Å². The Balaban J connectivity index is 1.68. The van der Waals surface area contributed by atoms with E-state index in [4.69, 9.17) is 9.47 Å². The minimum atomic E-state index is -0.280. The zero-order valence-electron chi connectivity index (χ0n) is 11.3. The first-order valence-electron chi connectivity index (χ1n) is 7.05. The second kappa shape index (κ2) is 5.81. The van der Waals surface area contributed by atoms with Crippen molar-refractivity contribution in [3.8, 4) is 5.75 Å². The average molecular weight is 277 g/mol. The predicted octanol–water partition coefficient (Wildman–Crippen LogP) is 1.47. The zero-order chi connectivity index (χ0) is 13.9. The fourth-order valence-electron chi connectivity index (χ4n) is 2.75. The molecule has 20 heavy (non-hydrogen) atoms. The van der Waals surface area contributed by atoms with Crippen LogP contribution < -0.4 is 0 Å². The lowest BCUT2D eigenvalue weighted by Crippen LogP contribution is -2.46. The van der Waals surface area contributed by atoms with Gasteiger partial charge in [0.1, 0.15) is 18.0 Å². The van der Waals surface area contributed by atoms with Gasteiger partial charge in [-0.05, 0) is 30.5 Å². The van der Waals surface area contributed by atoms with Crippen LogP contribution in [0.4, 0.5) is 0 Å². The van der Waals surface area contributed by atoms with Gasteiger partial charge in [-0.15, -0.1) is 0 Å². The summed E-state index contributed by atoms with van der Waals surface area (Å²) in [7, 11) is 0. The molecule has 2 fully saturated rings. The molecule has 0 saturated carbocycles. The molecule has 2 saturated heterocycles.